The number of carboxylic acid groups (broad SMARTS) is 1. The number of carboxylic acids is 1. The summed E-state index contributed by atoms with van der Waals surface area (Å²) in [6.45, 7) is 4.71. The summed E-state index contributed by atoms with van der Waals surface area (Å²) >= 11 is 0. The van der Waals surface area contributed by atoms with Crippen LogP contribution in [0.4, 0.5) is 0 Å². The molecule has 120 valence electrons. The van der Waals surface area contributed by atoms with Crippen LogP contribution in [0.3, 0.4) is 0 Å². The van der Waals surface area contributed by atoms with E-state index in [9.17, 15) is 9.59 Å². The second kappa shape index (κ2) is 7.25. The highest BCUT2D eigenvalue weighted by Gasteiger charge is 2.42. The molecule has 1 saturated heterocycles. The molecule has 2 fully saturated rings. The lowest BCUT2D eigenvalue weighted by atomic mass is 9.93. The number of carbonyl (C=O) groups excluding carboxylic acids is 1. The van der Waals surface area contributed by atoms with Crippen LogP contribution in [-0.4, -0.2) is 35.6 Å². The zero-order valence-electron chi connectivity index (χ0n) is 13.1. The molecule has 0 bridgehead atoms. The van der Waals surface area contributed by atoms with Crippen molar-refractivity contribution >= 4 is 11.9 Å². The molecule has 1 amide bonds. The van der Waals surface area contributed by atoms with Gasteiger partial charge in [-0.05, 0) is 51.0 Å². The van der Waals surface area contributed by atoms with Gasteiger partial charge in [-0.25, -0.2) is 0 Å². The van der Waals surface area contributed by atoms with Gasteiger partial charge >= 0.3 is 5.97 Å². The van der Waals surface area contributed by atoms with Crippen molar-refractivity contribution in [2.75, 3.05) is 6.54 Å². The predicted molar refractivity (Wildman–Crippen MR) is 80.9 cm³/mol. The van der Waals surface area contributed by atoms with Crippen LogP contribution < -0.4 is 10.6 Å². The molecule has 5 heteroatoms. The molecular weight excluding hydrogens is 268 g/mol. The lowest BCUT2D eigenvalue weighted by Crippen LogP contribution is -2.46. The first-order chi connectivity index (χ1) is 9.99. The van der Waals surface area contributed by atoms with Gasteiger partial charge in [-0.3, -0.25) is 9.59 Å². The van der Waals surface area contributed by atoms with Crippen molar-refractivity contribution in [2.24, 2.45) is 17.8 Å². The molecule has 0 radical (unpaired) electrons. The van der Waals surface area contributed by atoms with Crippen LogP contribution in [0.15, 0.2) is 0 Å². The van der Waals surface area contributed by atoms with Crippen LogP contribution in [0.25, 0.3) is 0 Å². The number of nitrogens with one attached hydrogen (secondary N) is 2. The van der Waals surface area contributed by atoms with Gasteiger partial charge in [-0.2, -0.15) is 0 Å². The average molecular weight is 296 g/mol. The molecule has 0 spiro atoms. The molecule has 0 aromatic rings. The number of amides is 1. The maximum absolute atomic E-state index is 12.3. The quantitative estimate of drug-likeness (QED) is 0.669. The van der Waals surface area contributed by atoms with E-state index in [2.05, 4.69) is 10.6 Å². The zero-order valence-corrected chi connectivity index (χ0v) is 13.1. The summed E-state index contributed by atoms with van der Waals surface area (Å²) in [5.41, 5.74) is 0. The summed E-state index contributed by atoms with van der Waals surface area (Å²) in [4.78, 5) is 23.1. The Morgan fingerprint density at radius 3 is 2.76 bits per heavy atom. The molecule has 1 heterocycles. The van der Waals surface area contributed by atoms with Crippen molar-refractivity contribution in [3.05, 3.63) is 0 Å². The Balaban J connectivity index is 1.69. The number of hydrogen-bond donors (Lipinski definition) is 3. The number of hydrogen-bond acceptors (Lipinski definition) is 3. The number of aliphatic carboxylic acids is 1. The van der Waals surface area contributed by atoms with Crippen LogP contribution in [0.2, 0.25) is 0 Å². The van der Waals surface area contributed by atoms with Crippen LogP contribution >= 0.6 is 0 Å². The van der Waals surface area contributed by atoms with Crippen molar-refractivity contribution in [2.45, 2.75) is 64.5 Å². The molecule has 3 N–H and O–H groups in total. The molecule has 5 unspecified atom stereocenters. The zero-order chi connectivity index (χ0) is 15.4. The van der Waals surface area contributed by atoms with E-state index in [1.807, 2.05) is 6.92 Å². The standard InChI is InChI=1S/C16H28N2O3/c1-10(16(20)21)5-3-6-11(2)18-15(19)14-13-8-4-7-12(13)9-17-14/h10-14,17H,3-9H2,1-2H3,(H,18,19)(H,20,21). The Morgan fingerprint density at radius 2 is 2.05 bits per heavy atom. The second-order valence-electron chi connectivity index (χ2n) is 6.82. The molecule has 0 aromatic carbocycles. The monoisotopic (exact) mass is 296 g/mol. The van der Waals surface area contributed by atoms with Gasteiger partial charge in [0, 0.05) is 6.04 Å². The SMILES string of the molecule is CC(CCCC(C)C(=O)O)NC(=O)C1NCC2CCCC21. The number of rotatable bonds is 7. The maximum Gasteiger partial charge on any atom is 0.306 e. The Hall–Kier alpha value is -1.10. The molecule has 1 aliphatic heterocycles. The Labute approximate surface area is 126 Å². The highest BCUT2D eigenvalue weighted by Crippen LogP contribution is 2.37. The normalized spacial score (nSPS) is 30.7. The molecule has 1 saturated carbocycles. The fourth-order valence-corrected chi connectivity index (χ4v) is 3.73. The molecule has 2 rings (SSSR count). The summed E-state index contributed by atoms with van der Waals surface area (Å²) in [7, 11) is 0. The van der Waals surface area contributed by atoms with Crippen molar-refractivity contribution in [1.82, 2.24) is 10.6 Å². The summed E-state index contributed by atoms with van der Waals surface area (Å²) in [5, 5.41) is 15.3. The van der Waals surface area contributed by atoms with Gasteiger partial charge in [0.15, 0.2) is 0 Å². The predicted octanol–water partition coefficient (Wildman–Crippen LogP) is 1.77. The van der Waals surface area contributed by atoms with Gasteiger partial charge in [0.1, 0.15) is 0 Å². The van der Waals surface area contributed by atoms with E-state index >= 15 is 0 Å². The largest absolute Gasteiger partial charge is 0.481 e. The minimum Gasteiger partial charge on any atom is -0.481 e. The van der Waals surface area contributed by atoms with Gasteiger partial charge in [0.2, 0.25) is 5.91 Å². The van der Waals surface area contributed by atoms with E-state index in [1.165, 1.54) is 19.3 Å². The number of fused-ring (bicyclic) bond motifs is 1. The Bertz CT molecular complexity index is 386. The molecule has 0 aromatic heterocycles. The van der Waals surface area contributed by atoms with Crippen molar-refractivity contribution in [1.29, 1.82) is 0 Å². The first-order valence-corrected chi connectivity index (χ1v) is 8.25. The van der Waals surface area contributed by atoms with Gasteiger partial charge in [0.05, 0.1) is 12.0 Å². The minimum atomic E-state index is -0.742. The van der Waals surface area contributed by atoms with Crippen LogP contribution in [-0.2, 0) is 9.59 Å². The Kier molecular flexibility index (Phi) is 5.62. The van der Waals surface area contributed by atoms with Crippen LogP contribution in [0.1, 0.15) is 52.4 Å². The highest BCUT2D eigenvalue weighted by atomic mass is 16.4. The van der Waals surface area contributed by atoms with E-state index < -0.39 is 5.97 Å². The van der Waals surface area contributed by atoms with Gasteiger partial charge in [-0.15, -0.1) is 0 Å². The van der Waals surface area contributed by atoms with E-state index in [1.54, 1.807) is 6.92 Å². The van der Waals surface area contributed by atoms with Crippen molar-refractivity contribution in [3.8, 4) is 0 Å². The van der Waals surface area contributed by atoms with Gasteiger partial charge in [-0.1, -0.05) is 19.8 Å². The fourth-order valence-electron chi connectivity index (χ4n) is 3.73. The maximum atomic E-state index is 12.3. The topological polar surface area (TPSA) is 78.4 Å². The van der Waals surface area contributed by atoms with Gasteiger partial charge < -0.3 is 15.7 Å². The van der Waals surface area contributed by atoms with E-state index in [0.29, 0.717) is 18.3 Å². The Morgan fingerprint density at radius 1 is 1.29 bits per heavy atom. The third-order valence-electron chi connectivity index (χ3n) is 5.11. The van der Waals surface area contributed by atoms with E-state index in [4.69, 9.17) is 5.11 Å². The first kappa shape index (κ1) is 16.3. The first-order valence-electron chi connectivity index (χ1n) is 8.25. The van der Waals surface area contributed by atoms with E-state index in [0.717, 1.165) is 19.4 Å². The minimum absolute atomic E-state index is 0.0158. The van der Waals surface area contributed by atoms with Gasteiger partial charge in [0.25, 0.3) is 0 Å². The second-order valence-corrected chi connectivity index (χ2v) is 6.82. The molecule has 1 aliphatic carbocycles. The average Bonchev–Trinajstić information content (AvgIpc) is 3.00. The summed E-state index contributed by atoms with van der Waals surface area (Å²) in [6.07, 6.45) is 6.01. The summed E-state index contributed by atoms with van der Waals surface area (Å²) in [6, 6.07) is 0.0960. The molecule has 5 atom stereocenters. The molecule has 5 nitrogen and oxygen atoms in total. The smallest absolute Gasteiger partial charge is 0.306 e. The highest BCUT2D eigenvalue weighted by molar-refractivity contribution is 5.82. The lowest BCUT2D eigenvalue weighted by Gasteiger charge is -2.21. The molecular formula is C16H28N2O3. The van der Waals surface area contributed by atoms with Crippen molar-refractivity contribution in [3.63, 3.8) is 0 Å². The lowest BCUT2D eigenvalue weighted by molar-refractivity contribution is -0.141. The van der Waals surface area contributed by atoms with Crippen molar-refractivity contribution < 1.29 is 14.7 Å². The molecule has 2 aliphatic rings. The third-order valence-corrected chi connectivity index (χ3v) is 5.11. The van der Waals surface area contributed by atoms with Crippen LogP contribution in [0, 0.1) is 17.8 Å². The number of carbonyl (C=O) groups is 2. The summed E-state index contributed by atoms with van der Waals surface area (Å²) < 4.78 is 0. The molecule has 21 heavy (non-hydrogen) atoms. The summed E-state index contributed by atoms with van der Waals surface area (Å²) in [5.74, 6) is 0.289. The van der Waals surface area contributed by atoms with E-state index in [-0.39, 0.29) is 23.9 Å². The third kappa shape index (κ3) is 4.19. The van der Waals surface area contributed by atoms with Crippen LogP contribution in [0.5, 0.6) is 0 Å². The fraction of sp³-hybridized carbons (Fsp3) is 0.875.